The van der Waals surface area contributed by atoms with Crippen molar-refractivity contribution in [2.75, 3.05) is 36.4 Å². The summed E-state index contributed by atoms with van der Waals surface area (Å²) in [6, 6.07) is 10.2. The van der Waals surface area contributed by atoms with Crippen molar-refractivity contribution in [1.82, 2.24) is 9.88 Å². The summed E-state index contributed by atoms with van der Waals surface area (Å²) < 4.78 is 0. The van der Waals surface area contributed by atoms with E-state index in [0.717, 1.165) is 50.4 Å². The maximum Gasteiger partial charge on any atom is 0.272 e. The van der Waals surface area contributed by atoms with Gasteiger partial charge in [0.2, 0.25) is 0 Å². The van der Waals surface area contributed by atoms with E-state index in [2.05, 4.69) is 61.1 Å². The quantitative estimate of drug-likeness (QED) is 0.778. The molecule has 2 heterocycles. The molecular weight excluding hydrogens is 348 g/mol. The van der Waals surface area contributed by atoms with Gasteiger partial charge in [-0.2, -0.15) is 0 Å². The Hall–Kier alpha value is -2.56. The smallest absolute Gasteiger partial charge is 0.272 e. The highest BCUT2D eigenvalue weighted by Crippen LogP contribution is 2.26. The molecule has 1 aliphatic heterocycles. The lowest BCUT2D eigenvalue weighted by Gasteiger charge is -2.30. The zero-order valence-electron chi connectivity index (χ0n) is 17.5. The summed E-state index contributed by atoms with van der Waals surface area (Å²) in [5, 5.41) is 3.45. The van der Waals surface area contributed by atoms with Crippen LogP contribution < -0.4 is 10.2 Å². The first-order chi connectivity index (χ1) is 13.5. The minimum atomic E-state index is 0.0316. The van der Waals surface area contributed by atoms with Gasteiger partial charge in [-0.25, -0.2) is 0 Å². The molecule has 0 saturated carbocycles. The Bertz CT molecular complexity index is 808. The van der Waals surface area contributed by atoms with E-state index in [0.29, 0.717) is 11.6 Å². The van der Waals surface area contributed by atoms with Crippen LogP contribution in [0.1, 0.15) is 49.7 Å². The van der Waals surface area contributed by atoms with Crippen LogP contribution in [0.2, 0.25) is 0 Å². The predicted octanol–water partition coefficient (Wildman–Crippen LogP) is 4.85. The number of carbonyl (C=O) groups is 1. The van der Waals surface area contributed by atoms with Gasteiger partial charge in [0.1, 0.15) is 5.69 Å². The second-order valence-corrected chi connectivity index (χ2v) is 7.70. The van der Waals surface area contributed by atoms with Crippen LogP contribution in [0, 0.1) is 12.8 Å². The van der Waals surface area contributed by atoms with Gasteiger partial charge >= 0.3 is 0 Å². The monoisotopic (exact) mass is 380 g/mol. The van der Waals surface area contributed by atoms with Crippen LogP contribution in [0.25, 0.3) is 0 Å². The number of hydrogen-bond donors (Lipinski definition) is 1. The molecular formula is C23H32N4O. The maximum atomic E-state index is 12.8. The molecule has 150 valence electrons. The summed E-state index contributed by atoms with van der Waals surface area (Å²) in [4.78, 5) is 21.4. The van der Waals surface area contributed by atoms with Gasteiger partial charge in [-0.15, -0.1) is 0 Å². The number of rotatable bonds is 6. The Balaban J connectivity index is 1.73. The third-order valence-corrected chi connectivity index (χ3v) is 5.67. The Morgan fingerprint density at radius 1 is 1.18 bits per heavy atom. The second kappa shape index (κ2) is 9.09. The van der Waals surface area contributed by atoms with Gasteiger partial charge in [0.15, 0.2) is 0 Å². The molecule has 1 aromatic carbocycles. The van der Waals surface area contributed by atoms with Crippen LogP contribution in [0.3, 0.4) is 0 Å². The number of pyridine rings is 1. The topological polar surface area (TPSA) is 48.5 Å². The van der Waals surface area contributed by atoms with Crippen molar-refractivity contribution in [3.05, 3.63) is 47.8 Å². The van der Waals surface area contributed by atoms with Crippen LogP contribution in [-0.4, -0.2) is 42.0 Å². The number of nitrogens with one attached hydrogen (secondary N) is 1. The van der Waals surface area contributed by atoms with Crippen molar-refractivity contribution in [3.8, 4) is 0 Å². The normalized spacial score (nSPS) is 14.8. The molecule has 0 atom stereocenters. The average molecular weight is 381 g/mol. The van der Waals surface area contributed by atoms with Crippen molar-refractivity contribution >= 4 is 23.0 Å². The molecule has 28 heavy (non-hydrogen) atoms. The zero-order valence-corrected chi connectivity index (χ0v) is 17.5. The molecule has 0 radical (unpaired) electrons. The van der Waals surface area contributed by atoms with E-state index in [1.165, 1.54) is 11.3 Å². The van der Waals surface area contributed by atoms with Crippen LogP contribution in [-0.2, 0) is 0 Å². The molecule has 1 aliphatic rings. The van der Waals surface area contributed by atoms with Crippen molar-refractivity contribution < 1.29 is 4.79 Å². The van der Waals surface area contributed by atoms with Crippen LogP contribution >= 0.6 is 0 Å². The van der Waals surface area contributed by atoms with Crippen LogP contribution in [0.15, 0.2) is 36.5 Å². The van der Waals surface area contributed by atoms with E-state index < -0.39 is 0 Å². The Morgan fingerprint density at radius 3 is 2.54 bits per heavy atom. The highest BCUT2D eigenvalue weighted by atomic mass is 16.2. The number of amides is 1. The molecule has 5 heteroatoms. The highest BCUT2D eigenvalue weighted by molar-refractivity contribution is 5.93. The number of aryl methyl sites for hydroxylation is 1. The lowest BCUT2D eigenvalue weighted by molar-refractivity contribution is 0.0691. The van der Waals surface area contributed by atoms with E-state index in [9.17, 15) is 4.79 Å². The van der Waals surface area contributed by atoms with Gasteiger partial charge in [0.05, 0.1) is 0 Å². The van der Waals surface area contributed by atoms with Crippen molar-refractivity contribution in [2.45, 2.75) is 40.5 Å². The number of carbonyl (C=O) groups excluding carboxylic acids is 1. The van der Waals surface area contributed by atoms with Gasteiger partial charge in [0.25, 0.3) is 5.91 Å². The van der Waals surface area contributed by atoms with Gasteiger partial charge in [-0.3, -0.25) is 9.78 Å². The molecule has 1 fully saturated rings. The number of anilines is 3. The Kier molecular flexibility index (Phi) is 6.55. The fourth-order valence-electron chi connectivity index (χ4n) is 3.73. The molecule has 5 nitrogen and oxygen atoms in total. The fraction of sp³-hybridized carbons (Fsp3) is 0.478. The van der Waals surface area contributed by atoms with E-state index in [4.69, 9.17) is 0 Å². The van der Waals surface area contributed by atoms with Gasteiger partial charge in [0, 0.05) is 49.4 Å². The third-order valence-electron chi connectivity index (χ3n) is 5.67. The number of hydrogen-bond acceptors (Lipinski definition) is 4. The first kappa shape index (κ1) is 20.2. The van der Waals surface area contributed by atoms with E-state index in [1.54, 1.807) is 6.20 Å². The standard InChI is InChI=1S/C23H32N4O/c1-5-26(6-2)20-7-8-21(18(4)15-20)25-19-9-12-24-22(16-19)23(28)27-13-10-17(3)11-14-27/h7-9,12,15-17H,5-6,10-11,13-14H2,1-4H3,(H,24,25). The summed E-state index contributed by atoms with van der Waals surface area (Å²) >= 11 is 0. The Labute approximate surface area is 168 Å². The molecule has 0 spiro atoms. The molecule has 1 N–H and O–H groups in total. The number of piperidine rings is 1. The van der Waals surface area contributed by atoms with E-state index >= 15 is 0 Å². The average Bonchev–Trinajstić information content (AvgIpc) is 2.71. The fourth-order valence-corrected chi connectivity index (χ4v) is 3.73. The molecule has 1 amide bonds. The molecule has 0 bridgehead atoms. The summed E-state index contributed by atoms with van der Waals surface area (Å²) in [6.07, 6.45) is 3.85. The Morgan fingerprint density at radius 2 is 1.89 bits per heavy atom. The second-order valence-electron chi connectivity index (χ2n) is 7.70. The summed E-state index contributed by atoms with van der Waals surface area (Å²) in [7, 11) is 0. The number of likely N-dealkylation sites (tertiary alicyclic amines) is 1. The number of nitrogens with zero attached hydrogens (tertiary/aromatic N) is 3. The molecule has 0 unspecified atom stereocenters. The minimum Gasteiger partial charge on any atom is -0.372 e. The molecule has 0 aliphatic carbocycles. The first-order valence-corrected chi connectivity index (χ1v) is 10.4. The summed E-state index contributed by atoms with van der Waals surface area (Å²) in [5.41, 5.74) is 4.86. The highest BCUT2D eigenvalue weighted by Gasteiger charge is 2.22. The van der Waals surface area contributed by atoms with E-state index in [1.807, 2.05) is 17.0 Å². The van der Waals surface area contributed by atoms with Crippen molar-refractivity contribution in [1.29, 1.82) is 0 Å². The van der Waals surface area contributed by atoms with Gasteiger partial charge < -0.3 is 15.1 Å². The van der Waals surface area contributed by atoms with Crippen LogP contribution in [0.4, 0.5) is 17.1 Å². The van der Waals surface area contributed by atoms with Gasteiger partial charge in [-0.1, -0.05) is 6.92 Å². The van der Waals surface area contributed by atoms with Crippen molar-refractivity contribution in [3.63, 3.8) is 0 Å². The number of benzene rings is 1. The minimum absolute atomic E-state index is 0.0316. The SMILES string of the molecule is CCN(CC)c1ccc(Nc2ccnc(C(=O)N3CCC(C)CC3)c2)c(C)c1. The first-order valence-electron chi connectivity index (χ1n) is 10.4. The third kappa shape index (κ3) is 4.64. The molecule has 3 rings (SSSR count). The van der Waals surface area contributed by atoms with E-state index in [-0.39, 0.29) is 5.91 Å². The summed E-state index contributed by atoms with van der Waals surface area (Å²) in [5.74, 6) is 0.733. The molecule has 1 aromatic heterocycles. The number of aromatic nitrogens is 1. The van der Waals surface area contributed by atoms with Gasteiger partial charge in [-0.05, 0) is 75.4 Å². The molecule has 2 aromatic rings. The van der Waals surface area contributed by atoms with Crippen molar-refractivity contribution in [2.24, 2.45) is 5.92 Å². The maximum absolute atomic E-state index is 12.8. The largest absolute Gasteiger partial charge is 0.372 e. The lowest BCUT2D eigenvalue weighted by atomic mass is 9.99. The predicted molar refractivity (Wildman–Crippen MR) is 117 cm³/mol. The molecule has 1 saturated heterocycles. The van der Waals surface area contributed by atoms with Crippen LogP contribution in [0.5, 0.6) is 0 Å². The zero-order chi connectivity index (χ0) is 20.1. The lowest BCUT2D eigenvalue weighted by Crippen LogP contribution is -2.38. The summed E-state index contributed by atoms with van der Waals surface area (Å²) in [6.45, 7) is 12.3.